The summed E-state index contributed by atoms with van der Waals surface area (Å²) in [6.45, 7) is 1.05. The number of nitrogens with one attached hydrogen (secondary N) is 1. The molecule has 1 N–H and O–H groups in total. The smallest absolute Gasteiger partial charge is 0.405 e. The molecule has 1 aliphatic carbocycles. The van der Waals surface area contributed by atoms with Gasteiger partial charge in [-0.25, -0.2) is 4.98 Å². The third kappa shape index (κ3) is 8.16. The second kappa shape index (κ2) is 13.8. The lowest BCUT2D eigenvalue weighted by atomic mass is 9.89. The number of amides is 1. The quantitative estimate of drug-likeness (QED) is 0.199. The van der Waals surface area contributed by atoms with Crippen LogP contribution < -0.4 is 10.1 Å². The highest BCUT2D eigenvalue weighted by atomic mass is 35.5. The highest BCUT2D eigenvalue weighted by Crippen LogP contribution is 2.30. The van der Waals surface area contributed by atoms with Gasteiger partial charge in [-0.3, -0.25) is 14.3 Å². The standard InChI is InChI=1S/C33H34ClF3N4O3/c1-21-27(32(43)39-20-33(35,36)37)14-15-29-28(21)19-41(40-29)18-22-5-2-3-7-23(8-4-6-22)31(42)24-9-12-26(13-10-24)44-30-16-11-25(34)17-38-30/h9-17,19,22-23H,2-8,18,20H2,1H3,(H,39,43). The van der Waals surface area contributed by atoms with Crippen molar-refractivity contribution >= 4 is 34.2 Å². The third-order valence-electron chi connectivity index (χ3n) is 8.16. The first-order chi connectivity index (χ1) is 21.1. The molecule has 2 atom stereocenters. The van der Waals surface area contributed by atoms with Crippen LogP contribution in [-0.4, -0.2) is 39.2 Å². The predicted molar refractivity (Wildman–Crippen MR) is 162 cm³/mol. The number of halogens is 4. The molecule has 232 valence electrons. The number of pyridine rings is 1. The molecule has 2 aromatic carbocycles. The molecular formula is C33H34ClF3N4O3. The molecule has 1 saturated carbocycles. The van der Waals surface area contributed by atoms with E-state index in [1.165, 1.54) is 12.3 Å². The number of hydrogen-bond donors (Lipinski definition) is 1. The molecule has 7 nitrogen and oxygen atoms in total. The van der Waals surface area contributed by atoms with Gasteiger partial charge in [-0.1, -0.05) is 30.9 Å². The molecule has 0 radical (unpaired) electrons. The third-order valence-corrected chi connectivity index (χ3v) is 8.38. The second-order valence-corrected chi connectivity index (χ2v) is 11.8. The number of fused-ring (bicyclic) bond motifs is 1. The monoisotopic (exact) mass is 626 g/mol. The normalized spacial score (nSPS) is 17.8. The van der Waals surface area contributed by atoms with Crippen molar-refractivity contribution in [2.75, 3.05) is 6.54 Å². The lowest BCUT2D eigenvalue weighted by Gasteiger charge is -2.16. The first kappa shape index (κ1) is 31.5. The minimum absolute atomic E-state index is 0.0321. The van der Waals surface area contributed by atoms with E-state index in [2.05, 4.69) is 10.1 Å². The van der Waals surface area contributed by atoms with Crippen LogP contribution in [0.25, 0.3) is 10.9 Å². The first-order valence-electron chi connectivity index (χ1n) is 14.8. The molecule has 0 bridgehead atoms. The molecule has 44 heavy (non-hydrogen) atoms. The van der Waals surface area contributed by atoms with Crippen LogP contribution in [0.1, 0.15) is 71.2 Å². The van der Waals surface area contributed by atoms with Crippen molar-refractivity contribution in [3.63, 3.8) is 0 Å². The minimum atomic E-state index is -4.47. The van der Waals surface area contributed by atoms with Crippen molar-refractivity contribution < 1.29 is 27.5 Å². The van der Waals surface area contributed by atoms with Crippen LogP contribution >= 0.6 is 11.6 Å². The Kier molecular flexibility index (Phi) is 9.88. The van der Waals surface area contributed by atoms with Gasteiger partial charge in [0.05, 0.1) is 10.5 Å². The fourth-order valence-corrected chi connectivity index (χ4v) is 5.95. The summed E-state index contributed by atoms with van der Waals surface area (Å²) in [6.07, 6.45) is 5.47. The number of ketones is 1. The number of alkyl halides is 3. The molecule has 1 fully saturated rings. The molecule has 2 unspecified atom stereocenters. The summed E-state index contributed by atoms with van der Waals surface area (Å²) in [7, 11) is 0. The Morgan fingerprint density at radius 1 is 1.00 bits per heavy atom. The van der Waals surface area contributed by atoms with Gasteiger partial charge in [-0.15, -0.1) is 0 Å². The predicted octanol–water partition coefficient (Wildman–Crippen LogP) is 8.34. The van der Waals surface area contributed by atoms with Gasteiger partial charge in [-0.05, 0) is 86.6 Å². The van der Waals surface area contributed by atoms with Gasteiger partial charge >= 0.3 is 6.18 Å². The maximum Gasteiger partial charge on any atom is 0.405 e. The van der Waals surface area contributed by atoms with Crippen molar-refractivity contribution in [1.29, 1.82) is 0 Å². The highest BCUT2D eigenvalue weighted by molar-refractivity contribution is 6.30. The Labute approximate surface area is 258 Å². The van der Waals surface area contributed by atoms with E-state index in [9.17, 15) is 22.8 Å². The highest BCUT2D eigenvalue weighted by Gasteiger charge is 2.28. The van der Waals surface area contributed by atoms with E-state index in [-0.39, 0.29) is 17.3 Å². The van der Waals surface area contributed by atoms with Crippen LogP contribution in [0.4, 0.5) is 13.2 Å². The number of aromatic nitrogens is 3. The molecule has 2 heterocycles. The molecule has 0 aliphatic heterocycles. The number of benzene rings is 2. The molecule has 1 amide bonds. The fraction of sp³-hybridized carbons (Fsp3) is 0.394. The molecule has 1 aliphatic rings. The molecule has 4 aromatic rings. The van der Waals surface area contributed by atoms with E-state index < -0.39 is 18.6 Å². The first-order valence-corrected chi connectivity index (χ1v) is 15.2. The van der Waals surface area contributed by atoms with Crippen molar-refractivity contribution in [2.24, 2.45) is 11.8 Å². The fourth-order valence-electron chi connectivity index (χ4n) is 5.84. The number of carbonyl (C=O) groups excluding carboxylic acids is 2. The summed E-state index contributed by atoms with van der Waals surface area (Å²) in [5.41, 5.74) is 2.18. The molecule has 0 saturated heterocycles. The number of hydrogen-bond acceptors (Lipinski definition) is 5. The van der Waals surface area contributed by atoms with Gasteiger partial charge in [0.1, 0.15) is 12.3 Å². The molecule has 0 spiro atoms. The Balaban J connectivity index is 1.17. The molecule has 5 rings (SSSR count). The second-order valence-electron chi connectivity index (χ2n) is 11.4. The number of ether oxygens (including phenoxy) is 1. The van der Waals surface area contributed by atoms with Crippen molar-refractivity contribution in [3.8, 4) is 11.6 Å². The maximum absolute atomic E-state index is 13.4. The maximum atomic E-state index is 13.4. The van der Waals surface area contributed by atoms with E-state index in [1.807, 2.05) is 16.2 Å². The average Bonchev–Trinajstić information content (AvgIpc) is 3.45. The van der Waals surface area contributed by atoms with Gasteiger partial charge in [0.2, 0.25) is 5.88 Å². The van der Waals surface area contributed by atoms with E-state index in [0.29, 0.717) is 45.8 Å². The van der Waals surface area contributed by atoms with Crippen molar-refractivity contribution in [2.45, 2.75) is 64.6 Å². The Bertz CT molecular complexity index is 1600. The number of aryl methyl sites for hydroxylation is 1. The summed E-state index contributed by atoms with van der Waals surface area (Å²) >= 11 is 5.88. The van der Waals surface area contributed by atoms with Crippen LogP contribution in [0.15, 0.2) is 60.9 Å². The van der Waals surface area contributed by atoms with E-state index in [4.69, 9.17) is 16.3 Å². The average molecular weight is 627 g/mol. The topological polar surface area (TPSA) is 86.1 Å². The van der Waals surface area contributed by atoms with Crippen LogP contribution in [0, 0.1) is 18.8 Å². The zero-order chi connectivity index (χ0) is 31.3. The van der Waals surface area contributed by atoms with Crippen LogP contribution in [0.3, 0.4) is 0 Å². The summed E-state index contributed by atoms with van der Waals surface area (Å²) in [4.78, 5) is 29.9. The molecule has 11 heteroatoms. The van der Waals surface area contributed by atoms with Gasteiger partial charge in [-0.2, -0.15) is 18.3 Å². The molecule has 2 aromatic heterocycles. The van der Waals surface area contributed by atoms with Crippen LogP contribution in [0.2, 0.25) is 5.02 Å². The SMILES string of the molecule is Cc1c(C(=O)NCC(F)(F)F)ccc2nn(CC3CCCCC(C(=O)c4ccc(Oc5ccc(Cl)cn5)cc4)CCC3)cc12. The zero-order valence-corrected chi connectivity index (χ0v) is 25.1. The number of Topliss-reactive ketones (excluding diaryl/α,β-unsaturated/α-hetero) is 1. The van der Waals surface area contributed by atoms with E-state index >= 15 is 0 Å². The number of carbonyl (C=O) groups is 2. The van der Waals surface area contributed by atoms with Gasteiger partial charge in [0.15, 0.2) is 5.78 Å². The number of rotatable bonds is 8. The Hall–Kier alpha value is -3.92. The largest absolute Gasteiger partial charge is 0.439 e. The van der Waals surface area contributed by atoms with Gasteiger partial charge in [0.25, 0.3) is 5.91 Å². The summed E-state index contributed by atoms with van der Waals surface area (Å²) < 4.78 is 45.3. The summed E-state index contributed by atoms with van der Waals surface area (Å²) in [5, 5.41) is 7.90. The minimum Gasteiger partial charge on any atom is -0.439 e. The lowest BCUT2D eigenvalue weighted by molar-refractivity contribution is -0.123. The van der Waals surface area contributed by atoms with E-state index in [1.54, 1.807) is 49.4 Å². The Morgan fingerprint density at radius 2 is 1.73 bits per heavy atom. The zero-order valence-electron chi connectivity index (χ0n) is 24.4. The van der Waals surface area contributed by atoms with Gasteiger partial charge in [0, 0.05) is 47.4 Å². The Morgan fingerprint density at radius 3 is 2.45 bits per heavy atom. The van der Waals surface area contributed by atoms with Crippen LogP contribution in [0.5, 0.6) is 11.6 Å². The lowest BCUT2D eigenvalue weighted by Crippen LogP contribution is -2.34. The summed E-state index contributed by atoms with van der Waals surface area (Å²) in [5.74, 6) is 0.768. The van der Waals surface area contributed by atoms with E-state index in [0.717, 1.165) is 50.3 Å². The van der Waals surface area contributed by atoms with Crippen molar-refractivity contribution in [1.82, 2.24) is 20.1 Å². The van der Waals surface area contributed by atoms with Crippen molar-refractivity contribution in [3.05, 3.63) is 82.6 Å². The number of nitrogens with zero attached hydrogens (tertiary/aromatic N) is 3. The summed E-state index contributed by atoms with van der Waals surface area (Å²) in [6, 6.07) is 13.8. The molecular weight excluding hydrogens is 593 g/mol. The van der Waals surface area contributed by atoms with Crippen LogP contribution in [-0.2, 0) is 6.54 Å². The van der Waals surface area contributed by atoms with Gasteiger partial charge < -0.3 is 10.1 Å².